The van der Waals surface area contributed by atoms with E-state index in [0.717, 1.165) is 0 Å². The molecule has 0 saturated carbocycles. The Morgan fingerprint density at radius 1 is 1.08 bits per heavy atom. The van der Waals surface area contributed by atoms with Crippen molar-refractivity contribution in [2.45, 2.75) is 10.8 Å². The highest BCUT2D eigenvalue weighted by Gasteiger charge is 2.26. The number of carbonyl (C=O) groups excluding carboxylic acids is 2. The molecule has 2 rings (SSSR count). The molecule has 8 nitrogen and oxygen atoms in total. The maximum atomic E-state index is 12.3. The Bertz CT molecular complexity index is 919. The second-order valence-electron chi connectivity index (χ2n) is 5.19. The largest absolute Gasteiger partial charge is 0.497 e. The first-order chi connectivity index (χ1) is 12.3. The number of carboxylic acids is 1. The van der Waals surface area contributed by atoms with Gasteiger partial charge in [-0.3, -0.25) is 9.52 Å². The number of rotatable bonds is 8. The summed E-state index contributed by atoms with van der Waals surface area (Å²) in [6.07, 6.45) is 0.229. The van der Waals surface area contributed by atoms with Crippen LogP contribution < -0.4 is 9.46 Å². The van der Waals surface area contributed by atoms with Crippen LogP contribution in [0.1, 0.15) is 11.5 Å². The Morgan fingerprint density at radius 3 is 2.12 bits per heavy atom. The van der Waals surface area contributed by atoms with E-state index in [9.17, 15) is 22.8 Å². The molecule has 0 aliphatic heterocycles. The van der Waals surface area contributed by atoms with Crippen molar-refractivity contribution in [3.63, 3.8) is 0 Å². The fourth-order valence-corrected chi connectivity index (χ4v) is 3.21. The van der Waals surface area contributed by atoms with Crippen molar-refractivity contribution in [1.29, 1.82) is 0 Å². The molecular formula is C17H15NO7S. The average molecular weight is 377 g/mol. The van der Waals surface area contributed by atoms with Crippen LogP contribution in [0, 0.1) is 0 Å². The van der Waals surface area contributed by atoms with E-state index in [1.807, 2.05) is 0 Å². The smallest absolute Gasteiger partial charge is 0.373 e. The van der Waals surface area contributed by atoms with Gasteiger partial charge < -0.3 is 14.6 Å². The maximum absolute atomic E-state index is 12.3. The number of carboxylic acid groups (broad SMARTS) is 1. The van der Waals surface area contributed by atoms with Gasteiger partial charge in [0, 0.05) is 5.69 Å². The molecule has 1 atom stereocenters. The summed E-state index contributed by atoms with van der Waals surface area (Å²) < 4.78 is 32.0. The Labute approximate surface area is 149 Å². The highest BCUT2D eigenvalue weighted by molar-refractivity contribution is 7.92. The van der Waals surface area contributed by atoms with Gasteiger partial charge in [0.25, 0.3) is 15.8 Å². The van der Waals surface area contributed by atoms with E-state index in [-0.39, 0.29) is 22.4 Å². The van der Waals surface area contributed by atoms with Crippen molar-refractivity contribution < 1.29 is 32.6 Å². The van der Waals surface area contributed by atoms with Crippen LogP contribution in [-0.2, 0) is 24.4 Å². The standard InChI is InChI=1S/C17H15NO7S/c1-25-13-6-8-14(9-7-13)26(23,24)18-12-4-2-11(3-5-12)15(10-19)16(20)17(21)22/h2-10,15,18H,1H3,(H,21,22). The summed E-state index contributed by atoms with van der Waals surface area (Å²) in [7, 11) is -2.38. The molecule has 0 saturated heterocycles. The lowest BCUT2D eigenvalue weighted by atomic mass is 9.96. The second kappa shape index (κ2) is 7.79. The number of ketones is 1. The molecule has 0 heterocycles. The van der Waals surface area contributed by atoms with Crippen LogP contribution in [0.4, 0.5) is 5.69 Å². The normalized spacial score (nSPS) is 12.0. The summed E-state index contributed by atoms with van der Waals surface area (Å²) in [6.45, 7) is 0. The number of benzene rings is 2. The summed E-state index contributed by atoms with van der Waals surface area (Å²) in [5.74, 6) is -3.91. The number of methoxy groups -OCH3 is 1. The number of Topliss-reactive ketones (excluding diaryl/α,β-unsaturated/α-hetero) is 1. The Hall–Kier alpha value is -3.20. The van der Waals surface area contributed by atoms with Crippen LogP contribution >= 0.6 is 0 Å². The number of nitrogens with one attached hydrogen (secondary N) is 1. The minimum absolute atomic E-state index is 0.0224. The van der Waals surface area contributed by atoms with Crippen molar-refractivity contribution in [3.8, 4) is 5.75 Å². The molecule has 2 N–H and O–H groups in total. The minimum atomic E-state index is -3.84. The van der Waals surface area contributed by atoms with Crippen molar-refractivity contribution in [2.24, 2.45) is 0 Å². The van der Waals surface area contributed by atoms with Crippen LogP contribution in [0.25, 0.3) is 0 Å². The molecular weight excluding hydrogens is 362 g/mol. The van der Waals surface area contributed by atoms with Gasteiger partial charge in [-0.15, -0.1) is 0 Å². The quantitative estimate of drug-likeness (QED) is 0.405. The predicted octanol–water partition coefficient (Wildman–Crippen LogP) is 1.43. The lowest BCUT2D eigenvalue weighted by Crippen LogP contribution is -2.22. The van der Waals surface area contributed by atoms with Crippen molar-refractivity contribution in [1.82, 2.24) is 0 Å². The third-order valence-corrected chi connectivity index (χ3v) is 4.92. The Morgan fingerprint density at radius 2 is 1.65 bits per heavy atom. The van der Waals surface area contributed by atoms with E-state index >= 15 is 0 Å². The molecule has 0 bridgehead atoms. The van der Waals surface area contributed by atoms with Gasteiger partial charge >= 0.3 is 5.97 Å². The molecule has 0 aliphatic carbocycles. The zero-order valence-corrected chi connectivity index (χ0v) is 14.4. The SMILES string of the molecule is COc1ccc(S(=O)(=O)Nc2ccc(C(C=O)C(=O)C(=O)O)cc2)cc1. The molecule has 1 unspecified atom stereocenters. The summed E-state index contributed by atoms with van der Waals surface area (Å²) in [5, 5.41) is 8.71. The topological polar surface area (TPSA) is 127 Å². The maximum Gasteiger partial charge on any atom is 0.373 e. The molecule has 0 spiro atoms. The van der Waals surface area contributed by atoms with E-state index in [1.165, 1.54) is 55.6 Å². The predicted molar refractivity (Wildman–Crippen MR) is 91.7 cm³/mol. The van der Waals surface area contributed by atoms with E-state index in [0.29, 0.717) is 5.75 Å². The molecule has 0 amide bonds. The van der Waals surface area contributed by atoms with Gasteiger partial charge in [0.15, 0.2) is 0 Å². The molecule has 0 radical (unpaired) electrons. The summed E-state index contributed by atoms with van der Waals surface area (Å²) >= 11 is 0. The van der Waals surface area contributed by atoms with Gasteiger partial charge in [-0.1, -0.05) is 12.1 Å². The number of hydrogen-bond donors (Lipinski definition) is 2. The second-order valence-corrected chi connectivity index (χ2v) is 6.87. The van der Waals surface area contributed by atoms with Gasteiger partial charge in [0.05, 0.1) is 12.0 Å². The Balaban J connectivity index is 2.21. The molecule has 136 valence electrons. The van der Waals surface area contributed by atoms with E-state index in [2.05, 4.69) is 4.72 Å². The molecule has 0 aromatic heterocycles. The number of anilines is 1. The van der Waals surface area contributed by atoms with Crippen LogP contribution in [0.5, 0.6) is 5.75 Å². The molecule has 2 aromatic rings. The van der Waals surface area contributed by atoms with Gasteiger partial charge in [0.2, 0.25) is 0 Å². The van der Waals surface area contributed by atoms with Crippen LogP contribution in [0.15, 0.2) is 53.4 Å². The van der Waals surface area contributed by atoms with Crippen molar-refractivity contribution >= 4 is 33.7 Å². The zero-order chi connectivity index (χ0) is 19.3. The molecule has 2 aromatic carbocycles. The van der Waals surface area contributed by atoms with Gasteiger partial charge in [-0.25, -0.2) is 13.2 Å². The monoisotopic (exact) mass is 377 g/mol. The van der Waals surface area contributed by atoms with E-state index in [4.69, 9.17) is 9.84 Å². The summed E-state index contributed by atoms with van der Waals surface area (Å²) in [5.41, 5.74) is 0.344. The first-order valence-electron chi connectivity index (χ1n) is 7.27. The Kier molecular flexibility index (Phi) is 5.73. The molecule has 0 fully saturated rings. The number of hydrogen-bond acceptors (Lipinski definition) is 6. The molecule has 9 heteroatoms. The lowest BCUT2D eigenvalue weighted by molar-refractivity contribution is -0.150. The molecule has 26 heavy (non-hydrogen) atoms. The number of aldehydes is 1. The fourth-order valence-electron chi connectivity index (χ4n) is 2.15. The van der Waals surface area contributed by atoms with Crippen LogP contribution in [-0.4, -0.2) is 38.7 Å². The van der Waals surface area contributed by atoms with Crippen LogP contribution in [0.2, 0.25) is 0 Å². The van der Waals surface area contributed by atoms with Crippen molar-refractivity contribution in [2.75, 3.05) is 11.8 Å². The van der Waals surface area contributed by atoms with Gasteiger partial charge in [-0.2, -0.15) is 0 Å². The van der Waals surface area contributed by atoms with Gasteiger partial charge in [-0.05, 0) is 42.0 Å². The van der Waals surface area contributed by atoms with Crippen molar-refractivity contribution in [3.05, 3.63) is 54.1 Å². The summed E-state index contributed by atoms with van der Waals surface area (Å²) in [6, 6.07) is 11.1. The van der Waals surface area contributed by atoms with E-state index < -0.39 is 27.7 Å². The number of carbonyl (C=O) groups is 3. The zero-order valence-electron chi connectivity index (χ0n) is 13.6. The number of sulfonamides is 1. The number of ether oxygens (including phenoxy) is 1. The average Bonchev–Trinajstić information content (AvgIpc) is 2.63. The third kappa shape index (κ3) is 4.25. The summed E-state index contributed by atoms with van der Waals surface area (Å²) in [4.78, 5) is 33.2. The highest BCUT2D eigenvalue weighted by Crippen LogP contribution is 2.22. The fraction of sp³-hybridized carbons (Fsp3) is 0.118. The van der Waals surface area contributed by atoms with E-state index in [1.54, 1.807) is 0 Å². The lowest BCUT2D eigenvalue weighted by Gasteiger charge is -2.11. The number of aliphatic carboxylic acids is 1. The van der Waals surface area contributed by atoms with Crippen LogP contribution in [0.3, 0.4) is 0 Å². The first-order valence-corrected chi connectivity index (χ1v) is 8.76. The third-order valence-electron chi connectivity index (χ3n) is 3.52. The van der Waals surface area contributed by atoms with Gasteiger partial charge in [0.1, 0.15) is 18.0 Å². The highest BCUT2D eigenvalue weighted by atomic mass is 32.2. The minimum Gasteiger partial charge on any atom is -0.497 e. The molecule has 0 aliphatic rings. The first kappa shape index (κ1) is 19.1.